The summed E-state index contributed by atoms with van der Waals surface area (Å²) >= 11 is 0. The first kappa shape index (κ1) is 19.6. The van der Waals surface area contributed by atoms with E-state index in [1.54, 1.807) is 7.11 Å². The molecule has 2 aromatic heterocycles. The van der Waals surface area contributed by atoms with Gasteiger partial charge in [-0.25, -0.2) is 4.98 Å². The molecule has 5 heteroatoms. The van der Waals surface area contributed by atoms with Gasteiger partial charge >= 0.3 is 0 Å². The number of rotatable bonds is 5. The van der Waals surface area contributed by atoms with Crippen LogP contribution < -0.4 is 4.74 Å². The Labute approximate surface area is 178 Å². The van der Waals surface area contributed by atoms with Gasteiger partial charge in [0.1, 0.15) is 11.4 Å². The van der Waals surface area contributed by atoms with Crippen LogP contribution in [0.1, 0.15) is 62.3 Å². The molecule has 0 radical (unpaired) electrons. The maximum Gasteiger partial charge on any atom is 0.137 e. The van der Waals surface area contributed by atoms with Crippen molar-refractivity contribution in [3.8, 4) is 5.75 Å². The SMILES string of the molecule is COc1ccccc1C1(O)C[C@H]2CC[C@@H](C1)N2Cc1c(C(C)C)[nH]c2ncccc12. The predicted octanol–water partition coefficient (Wildman–Crippen LogP) is 4.71. The van der Waals surface area contributed by atoms with Crippen molar-refractivity contribution in [2.24, 2.45) is 0 Å². The van der Waals surface area contributed by atoms with Crippen molar-refractivity contribution in [2.75, 3.05) is 7.11 Å². The summed E-state index contributed by atoms with van der Waals surface area (Å²) < 4.78 is 5.57. The number of fused-ring (bicyclic) bond motifs is 3. The van der Waals surface area contributed by atoms with Crippen molar-refractivity contribution in [1.29, 1.82) is 0 Å². The van der Waals surface area contributed by atoms with Crippen LogP contribution in [-0.2, 0) is 12.1 Å². The van der Waals surface area contributed by atoms with Gasteiger partial charge in [-0.2, -0.15) is 0 Å². The van der Waals surface area contributed by atoms with E-state index < -0.39 is 5.60 Å². The van der Waals surface area contributed by atoms with Crippen molar-refractivity contribution in [1.82, 2.24) is 14.9 Å². The van der Waals surface area contributed by atoms with Crippen LogP contribution in [0.25, 0.3) is 11.0 Å². The number of methoxy groups -OCH3 is 1. The van der Waals surface area contributed by atoms with E-state index in [1.165, 1.54) is 16.6 Å². The van der Waals surface area contributed by atoms with Gasteiger partial charge in [0, 0.05) is 41.5 Å². The molecule has 2 bridgehead atoms. The topological polar surface area (TPSA) is 61.4 Å². The molecule has 2 aliphatic heterocycles. The monoisotopic (exact) mass is 405 g/mol. The summed E-state index contributed by atoms with van der Waals surface area (Å²) in [5.41, 5.74) is 3.74. The predicted molar refractivity (Wildman–Crippen MR) is 119 cm³/mol. The highest BCUT2D eigenvalue weighted by Gasteiger charge is 2.49. The first-order chi connectivity index (χ1) is 14.5. The molecule has 0 aliphatic carbocycles. The molecule has 1 aromatic carbocycles. The third kappa shape index (κ3) is 3.12. The van der Waals surface area contributed by atoms with Crippen LogP contribution in [0, 0.1) is 0 Å². The number of ether oxygens (including phenoxy) is 1. The molecule has 1 unspecified atom stereocenters. The summed E-state index contributed by atoms with van der Waals surface area (Å²) in [5, 5.41) is 12.9. The van der Waals surface area contributed by atoms with Crippen LogP contribution in [0.15, 0.2) is 42.6 Å². The molecule has 0 saturated carbocycles. The maximum absolute atomic E-state index is 11.7. The Morgan fingerprint density at radius 2 is 1.90 bits per heavy atom. The minimum atomic E-state index is -0.822. The smallest absolute Gasteiger partial charge is 0.137 e. The molecule has 2 aliphatic rings. The first-order valence-corrected chi connectivity index (χ1v) is 11.1. The Balaban J connectivity index is 1.46. The number of aliphatic hydroxyl groups is 1. The van der Waals surface area contributed by atoms with Crippen molar-refractivity contribution in [3.05, 3.63) is 59.4 Å². The molecule has 3 atom stereocenters. The second-order valence-electron chi connectivity index (χ2n) is 9.27. The summed E-state index contributed by atoms with van der Waals surface area (Å²) in [6.45, 7) is 5.38. The summed E-state index contributed by atoms with van der Waals surface area (Å²) in [6.07, 6.45) is 5.63. The Hall–Kier alpha value is -2.37. The van der Waals surface area contributed by atoms with E-state index in [-0.39, 0.29) is 0 Å². The Kier molecular flexibility index (Phi) is 4.83. The fourth-order valence-corrected chi connectivity index (χ4v) is 5.77. The molecule has 5 nitrogen and oxygen atoms in total. The van der Waals surface area contributed by atoms with Crippen LogP contribution in [0.5, 0.6) is 5.75 Å². The highest BCUT2D eigenvalue weighted by molar-refractivity contribution is 5.81. The third-order valence-electron chi connectivity index (χ3n) is 7.16. The summed E-state index contributed by atoms with van der Waals surface area (Å²) in [5.74, 6) is 1.21. The zero-order valence-corrected chi connectivity index (χ0v) is 18.1. The molecule has 2 fully saturated rings. The average molecular weight is 406 g/mol. The van der Waals surface area contributed by atoms with Gasteiger partial charge in [-0.15, -0.1) is 0 Å². The van der Waals surface area contributed by atoms with E-state index in [1.807, 2.05) is 36.5 Å². The number of H-pyrrole nitrogens is 1. The number of aromatic nitrogens is 2. The number of pyridine rings is 1. The highest BCUT2D eigenvalue weighted by Crippen LogP contribution is 2.48. The molecule has 2 saturated heterocycles. The quantitative estimate of drug-likeness (QED) is 0.645. The molecule has 4 heterocycles. The summed E-state index contributed by atoms with van der Waals surface area (Å²) in [4.78, 5) is 10.7. The number of piperidine rings is 1. The van der Waals surface area contributed by atoms with Gasteiger partial charge in [0.25, 0.3) is 0 Å². The Bertz CT molecular complexity index is 1040. The van der Waals surface area contributed by atoms with Crippen molar-refractivity contribution in [2.45, 2.75) is 69.7 Å². The normalized spacial score (nSPS) is 26.6. The number of aromatic amines is 1. The number of hydrogen-bond donors (Lipinski definition) is 2. The standard InChI is InChI=1S/C25H31N3O2/c1-16(2)23-20(19-7-6-12-26-24(19)27-23)15-28-17-10-11-18(28)14-25(29,13-17)21-8-4-5-9-22(21)30-3/h4-9,12,16-18,29H,10-11,13-15H2,1-3H3,(H,26,27)/t17-,18+,25?. The van der Waals surface area contributed by atoms with E-state index in [2.05, 4.69) is 34.8 Å². The van der Waals surface area contributed by atoms with Crippen LogP contribution in [0.4, 0.5) is 0 Å². The fraction of sp³-hybridized carbons (Fsp3) is 0.480. The number of hydrogen-bond acceptors (Lipinski definition) is 4. The van der Waals surface area contributed by atoms with Gasteiger partial charge in [-0.3, -0.25) is 4.90 Å². The molecular formula is C25H31N3O2. The number of para-hydroxylation sites is 1. The lowest BCUT2D eigenvalue weighted by Gasteiger charge is -2.44. The van der Waals surface area contributed by atoms with Gasteiger partial charge in [-0.1, -0.05) is 32.0 Å². The number of nitrogens with one attached hydrogen (secondary N) is 1. The molecular weight excluding hydrogens is 374 g/mol. The number of nitrogens with zero attached hydrogens (tertiary/aromatic N) is 2. The molecule has 2 N–H and O–H groups in total. The molecule has 0 amide bonds. The minimum Gasteiger partial charge on any atom is -0.496 e. The third-order valence-corrected chi connectivity index (χ3v) is 7.16. The average Bonchev–Trinajstić information content (AvgIpc) is 3.24. The molecule has 5 rings (SSSR count). The number of benzene rings is 1. The Morgan fingerprint density at radius 1 is 1.17 bits per heavy atom. The molecule has 0 spiro atoms. The van der Waals surface area contributed by atoms with E-state index in [0.29, 0.717) is 18.0 Å². The molecule has 158 valence electrons. The van der Waals surface area contributed by atoms with Gasteiger partial charge < -0.3 is 14.8 Å². The second kappa shape index (κ2) is 7.40. The minimum absolute atomic E-state index is 0.375. The second-order valence-corrected chi connectivity index (χ2v) is 9.27. The molecule has 30 heavy (non-hydrogen) atoms. The van der Waals surface area contributed by atoms with Gasteiger partial charge in [0.05, 0.1) is 12.7 Å². The lowest BCUT2D eigenvalue weighted by Crippen LogP contribution is -2.49. The molecule has 3 aromatic rings. The van der Waals surface area contributed by atoms with Crippen molar-refractivity contribution in [3.63, 3.8) is 0 Å². The van der Waals surface area contributed by atoms with Crippen LogP contribution in [0.2, 0.25) is 0 Å². The lowest BCUT2D eigenvalue weighted by molar-refractivity contribution is -0.0606. The van der Waals surface area contributed by atoms with E-state index in [9.17, 15) is 5.11 Å². The van der Waals surface area contributed by atoms with Crippen molar-refractivity contribution < 1.29 is 9.84 Å². The highest BCUT2D eigenvalue weighted by atomic mass is 16.5. The van der Waals surface area contributed by atoms with E-state index in [0.717, 1.165) is 49.2 Å². The van der Waals surface area contributed by atoms with Crippen LogP contribution in [0.3, 0.4) is 0 Å². The summed E-state index contributed by atoms with van der Waals surface area (Å²) in [6, 6.07) is 12.9. The largest absolute Gasteiger partial charge is 0.496 e. The Morgan fingerprint density at radius 3 is 2.60 bits per heavy atom. The van der Waals surface area contributed by atoms with Crippen LogP contribution in [-0.4, -0.2) is 39.2 Å². The van der Waals surface area contributed by atoms with Crippen molar-refractivity contribution >= 4 is 11.0 Å². The lowest BCUT2D eigenvalue weighted by atomic mass is 9.80. The fourth-order valence-electron chi connectivity index (χ4n) is 5.77. The van der Waals surface area contributed by atoms with Crippen LogP contribution >= 0.6 is 0 Å². The zero-order chi connectivity index (χ0) is 20.9. The summed E-state index contributed by atoms with van der Waals surface area (Å²) in [7, 11) is 1.68. The first-order valence-electron chi connectivity index (χ1n) is 11.1. The zero-order valence-electron chi connectivity index (χ0n) is 18.1. The van der Waals surface area contributed by atoms with Gasteiger partial charge in [-0.05, 0) is 55.4 Å². The van der Waals surface area contributed by atoms with E-state index in [4.69, 9.17) is 4.74 Å². The maximum atomic E-state index is 11.7. The van der Waals surface area contributed by atoms with E-state index >= 15 is 0 Å². The van der Waals surface area contributed by atoms with Gasteiger partial charge in [0.2, 0.25) is 0 Å². The van der Waals surface area contributed by atoms with Gasteiger partial charge in [0.15, 0.2) is 0 Å².